The monoisotopic (exact) mass is 376 g/mol. The van der Waals surface area contributed by atoms with Gasteiger partial charge in [0.1, 0.15) is 0 Å². The van der Waals surface area contributed by atoms with Crippen molar-refractivity contribution in [3.8, 4) is 22.5 Å². The molecule has 0 unspecified atom stereocenters. The number of anilines is 2. The second-order valence-electron chi connectivity index (χ2n) is 6.58. The molecule has 0 spiro atoms. The molecule has 0 fully saturated rings. The van der Waals surface area contributed by atoms with Crippen LogP contribution in [0.1, 0.15) is 5.69 Å². The van der Waals surface area contributed by atoms with Crippen molar-refractivity contribution in [1.29, 1.82) is 0 Å². The molecule has 7 heteroatoms. The van der Waals surface area contributed by atoms with Crippen LogP contribution in [0.2, 0.25) is 5.02 Å². The second kappa shape index (κ2) is 6.25. The van der Waals surface area contributed by atoms with Crippen LogP contribution in [-0.2, 0) is 6.54 Å². The van der Waals surface area contributed by atoms with Crippen molar-refractivity contribution < 1.29 is 0 Å². The molecule has 0 saturated carbocycles. The van der Waals surface area contributed by atoms with Crippen LogP contribution in [0, 0.1) is 6.92 Å². The summed E-state index contributed by atoms with van der Waals surface area (Å²) >= 11 is 6.10. The fourth-order valence-corrected chi connectivity index (χ4v) is 3.76. The average Bonchev–Trinajstić information content (AvgIpc) is 3.30. The molecule has 2 aromatic heterocycles. The first-order valence-electron chi connectivity index (χ1n) is 8.78. The van der Waals surface area contributed by atoms with E-state index in [-0.39, 0.29) is 0 Å². The zero-order valence-corrected chi connectivity index (χ0v) is 15.5. The molecule has 0 bridgehead atoms. The zero-order valence-electron chi connectivity index (χ0n) is 14.7. The van der Waals surface area contributed by atoms with E-state index in [1.54, 1.807) is 6.20 Å². The van der Waals surface area contributed by atoms with Crippen LogP contribution in [-0.4, -0.2) is 31.7 Å². The Hall–Kier alpha value is -3.12. The molecule has 27 heavy (non-hydrogen) atoms. The van der Waals surface area contributed by atoms with Gasteiger partial charge in [0.15, 0.2) is 0 Å². The van der Waals surface area contributed by atoms with Crippen molar-refractivity contribution in [3.63, 3.8) is 0 Å². The quantitative estimate of drug-likeness (QED) is 0.561. The van der Waals surface area contributed by atoms with Crippen molar-refractivity contribution in [2.75, 3.05) is 11.4 Å². The molecule has 134 valence electrons. The number of aromatic nitrogens is 5. The Kier molecular flexibility index (Phi) is 3.72. The molecule has 1 aliphatic rings. The zero-order chi connectivity index (χ0) is 18.4. The summed E-state index contributed by atoms with van der Waals surface area (Å²) in [6.07, 6.45) is 1.76. The minimum absolute atomic E-state index is 0.730. The molecule has 4 aromatic rings. The van der Waals surface area contributed by atoms with Crippen LogP contribution in [0.15, 0.2) is 54.7 Å². The van der Waals surface area contributed by atoms with E-state index in [1.807, 2.05) is 41.9 Å². The van der Waals surface area contributed by atoms with Gasteiger partial charge in [-0.25, -0.2) is 4.68 Å². The molecule has 6 nitrogen and oxygen atoms in total. The lowest BCUT2D eigenvalue weighted by atomic mass is 10.0. The SMILES string of the molecule is Cc1nnn2c1-c1ccc(-c3ccn[nH]3)cc1N(c1ccc(Cl)cc1)CC2. The number of fused-ring (bicyclic) bond motifs is 3. The van der Waals surface area contributed by atoms with Gasteiger partial charge in [-0.1, -0.05) is 22.9 Å². The third-order valence-corrected chi connectivity index (χ3v) is 5.18. The predicted octanol–water partition coefficient (Wildman–Crippen LogP) is 4.45. The van der Waals surface area contributed by atoms with E-state index >= 15 is 0 Å². The Balaban J connectivity index is 1.73. The fraction of sp³-hybridized carbons (Fsp3) is 0.150. The smallest absolute Gasteiger partial charge is 0.0936 e. The molecular weight excluding hydrogens is 360 g/mol. The molecule has 0 amide bonds. The third-order valence-electron chi connectivity index (χ3n) is 4.93. The molecule has 0 aliphatic carbocycles. The van der Waals surface area contributed by atoms with Gasteiger partial charge >= 0.3 is 0 Å². The van der Waals surface area contributed by atoms with Crippen LogP contribution in [0.25, 0.3) is 22.5 Å². The lowest BCUT2D eigenvalue weighted by Crippen LogP contribution is -2.21. The fourth-order valence-electron chi connectivity index (χ4n) is 3.63. The number of benzene rings is 2. The molecule has 3 heterocycles. The predicted molar refractivity (Wildman–Crippen MR) is 106 cm³/mol. The van der Waals surface area contributed by atoms with Gasteiger partial charge in [-0.2, -0.15) is 5.10 Å². The minimum Gasteiger partial charge on any atom is -0.339 e. The van der Waals surface area contributed by atoms with Crippen LogP contribution < -0.4 is 4.90 Å². The number of aromatic amines is 1. The first-order chi connectivity index (χ1) is 13.2. The van der Waals surface area contributed by atoms with Crippen LogP contribution >= 0.6 is 11.6 Å². The van der Waals surface area contributed by atoms with E-state index in [2.05, 4.69) is 43.6 Å². The summed E-state index contributed by atoms with van der Waals surface area (Å²) in [6.45, 7) is 3.55. The Labute approximate surface area is 161 Å². The largest absolute Gasteiger partial charge is 0.339 e. The molecule has 0 saturated heterocycles. The molecule has 0 atom stereocenters. The highest BCUT2D eigenvalue weighted by Gasteiger charge is 2.24. The van der Waals surface area contributed by atoms with E-state index in [0.717, 1.165) is 57.7 Å². The lowest BCUT2D eigenvalue weighted by molar-refractivity contribution is 0.605. The summed E-state index contributed by atoms with van der Waals surface area (Å²) in [4.78, 5) is 2.31. The van der Waals surface area contributed by atoms with Gasteiger partial charge in [0.2, 0.25) is 0 Å². The van der Waals surface area contributed by atoms with E-state index in [0.29, 0.717) is 0 Å². The number of aryl methyl sites for hydroxylation is 1. The van der Waals surface area contributed by atoms with Crippen molar-refractivity contribution in [3.05, 3.63) is 65.4 Å². The van der Waals surface area contributed by atoms with Gasteiger partial charge in [-0.05, 0) is 49.4 Å². The molecule has 2 aromatic carbocycles. The number of hydrogen-bond acceptors (Lipinski definition) is 4. The van der Waals surface area contributed by atoms with Gasteiger partial charge < -0.3 is 4.90 Å². The van der Waals surface area contributed by atoms with Crippen LogP contribution in [0.3, 0.4) is 0 Å². The molecular formula is C20H17ClN6. The van der Waals surface area contributed by atoms with Gasteiger partial charge in [0.05, 0.1) is 29.3 Å². The highest BCUT2D eigenvalue weighted by Crippen LogP contribution is 2.40. The number of rotatable bonds is 2. The van der Waals surface area contributed by atoms with Gasteiger partial charge in [0, 0.05) is 34.6 Å². The van der Waals surface area contributed by atoms with E-state index in [4.69, 9.17) is 11.6 Å². The maximum Gasteiger partial charge on any atom is 0.0936 e. The first kappa shape index (κ1) is 16.1. The molecule has 0 radical (unpaired) electrons. The normalized spacial score (nSPS) is 13.2. The topological polar surface area (TPSA) is 62.6 Å². The number of H-pyrrole nitrogens is 1. The Bertz CT molecular complexity index is 1100. The number of nitrogens with one attached hydrogen (secondary N) is 1. The molecule has 1 N–H and O–H groups in total. The summed E-state index contributed by atoms with van der Waals surface area (Å²) in [5.74, 6) is 0. The molecule has 5 rings (SSSR count). The lowest BCUT2D eigenvalue weighted by Gasteiger charge is -2.25. The summed E-state index contributed by atoms with van der Waals surface area (Å²) in [6, 6.07) is 16.4. The second-order valence-corrected chi connectivity index (χ2v) is 7.01. The van der Waals surface area contributed by atoms with Gasteiger partial charge in [-0.15, -0.1) is 5.10 Å². The van der Waals surface area contributed by atoms with Gasteiger partial charge in [0.25, 0.3) is 0 Å². The summed E-state index contributed by atoms with van der Waals surface area (Å²) in [5.41, 5.74) is 7.41. The Morgan fingerprint density at radius 3 is 2.67 bits per heavy atom. The van der Waals surface area contributed by atoms with Crippen molar-refractivity contribution in [2.45, 2.75) is 13.5 Å². The number of halogens is 1. The number of hydrogen-bond donors (Lipinski definition) is 1. The summed E-state index contributed by atoms with van der Waals surface area (Å²) in [5, 5.41) is 16.5. The van der Waals surface area contributed by atoms with E-state index in [9.17, 15) is 0 Å². The Morgan fingerprint density at radius 2 is 1.89 bits per heavy atom. The standard InChI is InChI=1S/C20H17ClN6/c1-13-20-17-7-2-14(18-8-9-22-24-18)12-19(17)26(10-11-27(20)25-23-13)16-5-3-15(21)4-6-16/h2-9,12H,10-11H2,1H3,(H,22,24). The highest BCUT2D eigenvalue weighted by atomic mass is 35.5. The van der Waals surface area contributed by atoms with Gasteiger partial charge in [-0.3, -0.25) is 5.10 Å². The van der Waals surface area contributed by atoms with Crippen molar-refractivity contribution in [1.82, 2.24) is 25.2 Å². The summed E-state index contributed by atoms with van der Waals surface area (Å²) < 4.78 is 1.99. The van der Waals surface area contributed by atoms with Crippen LogP contribution in [0.4, 0.5) is 11.4 Å². The van der Waals surface area contributed by atoms with Crippen molar-refractivity contribution >= 4 is 23.0 Å². The van der Waals surface area contributed by atoms with E-state index < -0.39 is 0 Å². The third kappa shape index (κ3) is 2.69. The van der Waals surface area contributed by atoms with Crippen LogP contribution in [0.5, 0.6) is 0 Å². The van der Waals surface area contributed by atoms with Crippen molar-refractivity contribution in [2.24, 2.45) is 0 Å². The number of nitrogens with zero attached hydrogens (tertiary/aromatic N) is 5. The summed E-state index contributed by atoms with van der Waals surface area (Å²) in [7, 11) is 0. The maximum absolute atomic E-state index is 6.10. The maximum atomic E-state index is 6.10. The highest BCUT2D eigenvalue weighted by molar-refractivity contribution is 6.30. The Morgan fingerprint density at radius 1 is 1.04 bits per heavy atom. The molecule has 1 aliphatic heterocycles. The van der Waals surface area contributed by atoms with E-state index in [1.165, 1.54) is 0 Å². The minimum atomic E-state index is 0.730. The average molecular weight is 377 g/mol. The first-order valence-corrected chi connectivity index (χ1v) is 9.16.